The molecule has 2 nitrogen and oxygen atoms in total. The molecule has 0 radical (unpaired) electrons. The van der Waals surface area contributed by atoms with Gasteiger partial charge in [0.25, 0.3) is 0 Å². The predicted molar refractivity (Wildman–Crippen MR) is 76.5 cm³/mol. The minimum atomic E-state index is -0.0211. The molecule has 0 bridgehead atoms. The fourth-order valence-corrected chi connectivity index (χ4v) is 2.59. The van der Waals surface area contributed by atoms with Gasteiger partial charge in [0.05, 0.1) is 5.60 Å². The van der Waals surface area contributed by atoms with E-state index in [1.54, 1.807) is 0 Å². The first-order valence-electron chi connectivity index (χ1n) is 7.41. The van der Waals surface area contributed by atoms with Gasteiger partial charge in [0.1, 0.15) is 0 Å². The number of likely N-dealkylation sites (N-methyl/N-ethyl adjacent to an activating group) is 1. The highest BCUT2D eigenvalue weighted by atomic mass is 16.5. The highest BCUT2D eigenvalue weighted by Crippen LogP contribution is 2.26. The number of ether oxygens (including phenoxy) is 1. The zero-order valence-corrected chi connectivity index (χ0v) is 12.8. The van der Waals surface area contributed by atoms with Crippen molar-refractivity contribution < 1.29 is 4.74 Å². The Balaban J connectivity index is 4.56. The van der Waals surface area contributed by atoms with Gasteiger partial charge in [0.15, 0.2) is 0 Å². The van der Waals surface area contributed by atoms with Crippen LogP contribution in [0.1, 0.15) is 67.2 Å². The lowest BCUT2D eigenvalue weighted by molar-refractivity contribution is -0.0597. The Morgan fingerprint density at radius 2 is 1.82 bits per heavy atom. The van der Waals surface area contributed by atoms with Crippen molar-refractivity contribution >= 4 is 0 Å². The van der Waals surface area contributed by atoms with E-state index in [2.05, 4.69) is 46.9 Å². The van der Waals surface area contributed by atoms with Gasteiger partial charge in [-0.15, -0.1) is 0 Å². The Bertz CT molecular complexity index is 184. The third-order valence-corrected chi connectivity index (χ3v) is 3.78. The first-order chi connectivity index (χ1) is 8.03. The number of hydrogen-bond donors (Lipinski definition) is 1. The fraction of sp³-hybridized carbons (Fsp3) is 1.00. The average Bonchev–Trinajstić information content (AvgIpc) is 2.29. The zero-order valence-electron chi connectivity index (χ0n) is 12.8. The van der Waals surface area contributed by atoms with Crippen LogP contribution in [0, 0.1) is 5.92 Å². The lowest BCUT2D eigenvalue weighted by atomic mass is 9.85. The fourth-order valence-electron chi connectivity index (χ4n) is 2.59. The maximum atomic E-state index is 6.01. The molecule has 0 heterocycles. The molecule has 0 rings (SSSR count). The summed E-state index contributed by atoms with van der Waals surface area (Å²) >= 11 is 0. The zero-order chi connectivity index (χ0) is 13.3. The van der Waals surface area contributed by atoms with Gasteiger partial charge in [-0.05, 0) is 39.2 Å². The normalized spacial score (nSPS) is 18.7. The van der Waals surface area contributed by atoms with Crippen LogP contribution in [0.25, 0.3) is 0 Å². The summed E-state index contributed by atoms with van der Waals surface area (Å²) in [4.78, 5) is 0. The summed E-state index contributed by atoms with van der Waals surface area (Å²) in [5.41, 5.74) is -0.0211. The van der Waals surface area contributed by atoms with Crippen molar-refractivity contribution in [2.24, 2.45) is 5.92 Å². The van der Waals surface area contributed by atoms with E-state index >= 15 is 0 Å². The van der Waals surface area contributed by atoms with Crippen molar-refractivity contribution in [1.29, 1.82) is 0 Å². The molecule has 0 aliphatic carbocycles. The third-order valence-electron chi connectivity index (χ3n) is 3.78. The maximum Gasteiger partial charge on any atom is 0.0804 e. The highest BCUT2D eigenvalue weighted by molar-refractivity contribution is 4.89. The van der Waals surface area contributed by atoms with E-state index in [1.807, 2.05) is 0 Å². The van der Waals surface area contributed by atoms with Gasteiger partial charge >= 0.3 is 0 Å². The summed E-state index contributed by atoms with van der Waals surface area (Å²) in [6, 6.07) is 0.471. The van der Waals surface area contributed by atoms with Crippen LogP contribution in [0.5, 0.6) is 0 Å². The van der Waals surface area contributed by atoms with Gasteiger partial charge in [-0.25, -0.2) is 0 Å². The van der Waals surface area contributed by atoms with Crippen LogP contribution in [-0.4, -0.2) is 24.8 Å². The van der Waals surface area contributed by atoms with E-state index in [4.69, 9.17) is 4.74 Å². The molecule has 0 fully saturated rings. The summed E-state index contributed by atoms with van der Waals surface area (Å²) in [7, 11) is 0. The second-order valence-electron chi connectivity index (χ2n) is 5.34. The van der Waals surface area contributed by atoms with Crippen molar-refractivity contribution in [2.45, 2.75) is 78.9 Å². The SMILES string of the molecule is CCCC(C)CC(NCC)C(C)(CC)OCC. The van der Waals surface area contributed by atoms with Crippen LogP contribution in [0.3, 0.4) is 0 Å². The van der Waals surface area contributed by atoms with Crippen LogP contribution in [0.4, 0.5) is 0 Å². The van der Waals surface area contributed by atoms with Gasteiger partial charge in [-0.1, -0.05) is 40.5 Å². The van der Waals surface area contributed by atoms with E-state index in [-0.39, 0.29) is 5.60 Å². The lowest BCUT2D eigenvalue weighted by Crippen LogP contribution is -2.51. The summed E-state index contributed by atoms with van der Waals surface area (Å²) < 4.78 is 6.01. The molecule has 3 unspecified atom stereocenters. The molecule has 0 saturated carbocycles. The molecule has 0 saturated heterocycles. The maximum absolute atomic E-state index is 6.01. The van der Waals surface area contributed by atoms with Crippen LogP contribution in [0.2, 0.25) is 0 Å². The van der Waals surface area contributed by atoms with Crippen molar-refractivity contribution in [2.75, 3.05) is 13.2 Å². The third kappa shape index (κ3) is 5.87. The van der Waals surface area contributed by atoms with Crippen molar-refractivity contribution in [3.8, 4) is 0 Å². The molecule has 0 aromatic rings. The molecular formula is C15H33NO. The molecule has 104 valence electrons. The average molecular weight is 243 g/mol. The molecule has 3 atom stereocenters. The molecule has 2 heteroatoms. The molecule has 0 aromatic heterocycles. The topological polar surface area (TPSA) is 21.3 Å². The second kappa shape index (κ2) is 8.93. The Hall–Kier alpha value is -0.0800. The lowest BCUT2D eigenvalue weighted by Gasteiger charge is -2.38. The monoisotopic (exact) mass is 243 g/mol. The van der Waals surface area contributed by atoms with Gasteiger partial charge < -0.3 is 10.1 Å². The van der Waals surface area contributed by atoms with Gasteiger partial charge in [0, 0.05) is 12.6 Å². The van der Waals surface area contributed by atoms with Crippen molar-refractivity contribution in [3.63, 3.8) is 0 Å². The Morgan fingerprint density at radius 3 is 2.24 bits per heavy atom. The number of rotatable bonds is 10. The largest absolute Gasteiger partial charge is 0.374 e. The Kier molecular flexibility index (Phi) is 8.89. The summed E-state index contributed by atoms with van der Waals surface area (Å²) in [6.45, 7) is 15.2. The van der Waals surface area contributed by atoms with E-state index in [1.165, 1.54) is 19.3 Å². The Morgan fingerprint density at radius 1 is 1.18 bits per heavy atom. The molecule has 1 N–H and O–H groups in total. The molecular weight excluding hydrogens is 210 g/mol. The Labute approximate surface area is 109 Å². The molecule has 0 amide bonds. The summed E-state index contributed by atoms with van der Waals surface area (Å²) in [6.07, 6.45) is 4.87. The number of nitrogens with one attached hydrogen (secondary N) is 1. The highest BCUT2D eigenvalue weighted by Gasteiger charge is 2.33. The minimum absolute atomic E-state index is 0.0211. The first kappa shape index (κ1) is 16.9. The van der Waals surface area contributed by atoms with Crippen LogP contribution < -0.4 is 5.32 Å². The van der Waals surface area contributed by atoms with E-state index < -0.39 is 0 Å². The summed E-state index contributed by atoms with van der Waals surface area (Å²) in [5, 5.41) is 3.62. The second-order valence-corrected chi connectivity index (χ2v) is 5.34. The van der Waals surface area contributed by atoms with Crippen LogP contribution in [-0.2, 0) is 4.74 Å². The standard InChI is InChI=1S/C15H33NO/c1-7-11-13(5)12-14(16-9-3)15(6,8-2)17-10-4/h13-14,16H,7-12H2,1-6H3. The van der Waals surface area contributed by atoms with Crippen LogP contribution >= 0.6 is 0 Å². The van der Waals surface area contributed by atoms with E-state index in [0.29, 0.717) is 6.04 Å². The predicted octanol–water partition coefficient (Wildman–Crippen LogP) is 4.00. The van der Waals surface area contributed by atoms with Gasteiger partial charge in [-0.2, -0.15) is 0 Å². The molecule has 0 aromatic carbocycles. The quantitative estimate of drug-likeness (QED) is 0.626. The molecule has 17 heavy (non-hydrogen) atoms. The molecule has 0 spiro atoms. The molecule has 0 aliphatic rings. The smallest absolute Gasteiger partial charge is 0.0804 e. The number of hydrogen-bond acceptors (Lipinski definition) is 2. The summed E-state index contributed by atoms with van der Waals surface area (Å²) in [5.74, 6) is 0.774. The van der Waals surface area contributed by atoms with E-state index in [9.17, 15) is 0 Å². The van der Waals surface area contributed by atoms with Gasteiger partial charge in [0.2, 0.25) is 0 Å². The minimum Gasteiger partial charge on any atom is -0.374 e. The van der Waals surface area contributed by atoms with Crippen molar-refractivity contribution in [3.05, 3.63) is 0 Å². The first-order valence-corrected chi connectivity index (χ1v) is 7.41. The van der Waals surface area contributed by atoms with E-state index in [0.717, 1.165) is 25.5 Å². The van der Waals surface area contributed by atoms with Gasteiger partial charge in [-0.3, -0.25) is 0 Å². The van der Waals surface area contributed by atoms with Crippen LogP contribution in [0.15, 0.2) is 0 Å². The van der Waals surface area contributed by atoms with Crippen molar-refractivity contribution in [1.82, 2.24) is 5.32 Å². The molecule has 0 aliphatic heterocycles.